The van der Waals surface area contributed by atoms with Crippen LogP contribution in [-0.4, -0.2) is 76.9 Å². The van der Waals surface area contributed by atoms with Crippen molar-refractivity contribution in [2.45, 2.75) is 12.8 Å². The van der Waals surface area contributed by atoms with Crippen LogP contribution in [0.2, 0.25) is 0 Å². The summed E-state index contributed by atoms with van der Waals surface area (Å²) < 4.78 is 7.11. The third-order valence-corrected chi connectivity index (χ3v) is 3.02. The summed E-state index contributed by atoms with van der Waals surface area (Å²) in [6.07, 6.45) is 2.54. The Morgan fingerprint density at radius 2 is 2.15 bits per heavy atom. The smallest absolute Gasteiger partial charge is 0.329 e. The van der Waals surface area contributed by atoms with E-state index in [0.717, 1.165) is 18.9 Å². The monoisotopic (exact) mass is 285 g/mol. The van der Waals surface area contributed by atoms with Gasteiger partial charge in [-0.15, -0.1) is 6.58 Å². The summed E-state index contributed by atoms with van der Waals surface area (Å²) in [4.78, 5) is 23.0. The van der Waals surface area contributed by atoms with Gasteiger partial charge >= 0.3 is 11.9 Å². The molecule has 0 spiro atoms. The average molecular weight is 285 g/mol. The molecule has 2 N–H and O–H groups in total. The molecule has 0 fully saturated rings. The molecule has 112 valence electrons. The average Bonchev–Trinajstić information content (AvgIpc) is 2.75. The molecular weight excluding hydrogens is 264 g/mol. The highest BCUT2D eigenvalue weighted by molar-refractivity contribution is 5.80. The van der Waals surface area contributed by atoms with Crippen LogP contribution in [0.25, 0.3) is 0 Å². The minimum absolute atomic E-state index is 0.101. The van der Waals surface area contributed by atoms with E-state index in [-0.39, 0.29) is 13.0 Å². The zero-order chi connectivity index (χ0) is 15.0. The van der Waals surface area contributed by atoms with E-state index in [1.54, 1.807) is 6.08 Å². The van der Waals surface area contributed by atoms with Crippen molar-refractivity contribution in [3.63, 3.8) is 0 Å². The van der Waals surface area contributed by atoms with Gasteiger partial charge in [-0.2, -0.15) is 0 Å². The molecule has 7 heteroatoms. The van der Waals surface area contributed by atoms with Gasteiger partial charge in [0.25, 0.3) is 5.84 Å². The van der Waals surface area contributed by atoms with E-state index in [9.17, 15) is 9.59 Å². The third kappa shape index (κ3) is 5.40. The molecule has 1 aliphatic rings. The summed E-state index contributed by atoms with van der Waals surface area (Å²) in [5.41, 5.74) is 0. The topological polar surface area (TPSA) is 90.1 Å². The molecule has 7 nitrogen and oxygen atoms in total. The van der Waals surface area contributed by atoms with Crippen molar-refractivity contribution >= 4 is 17.8 Å². The van der Waals surface area contributed by atoms with E-state index < -0.39 is 11.9 Å². The van der Waals surface area contributed by atoms with E-state index in [1.807, 2.05) is 4.90 Å². The Labute approximate surface area is 117 Å². The molecule has 0 aromatic rings. The van der Waals surface area contributed by atoms with Crippen LogP contribution in [0.5, 0.6) is 0 Å². The molecule has 1 heterocycles. The molecule has 0 radical (unpaired) electrons. The second-order valence-corrected chi connectivity index (χ2v) is 4.47. The van der Waals surface area contributed by atoms with Gasteiger partial charge < -0.3 is 14.9 Å². The molecule has 0 saturated carbocycles. The van der Waals surface area contributed by atoms with Crippen LogP contribution >= 0.6 is 0 Å². The fourth-order valence-corrected chi connectivity index (χ4v) is 2.13. The fourth-order valence-electron chi connectivity index (χ4n) is 2.13. The van der Waals surface area contributed by atoms with Gasteiger partial charge in [0, 0.05) is 0 Å². The molecule has 0 aliphatic carbocycles. The van der Waals surface area contributed by atoms with Crippen LogP contribution in [0.3, 0.4) is 0 Å². The standard InChI is InChI=1S/C13H20N2O5/c1-2-3-11-14(5-4-12(16)17)6-7-15(11)8-9-20-10-13(18)19/h2H,1,3-10H2,(H-,16,17,18,19)/p+1. The van der Waals surface area contributed by atoms with Gasteiger partial charge in [0.2, 0.25) is 0 Å². The number of carboxylic acids is 2. The number of carboxylic acid groups (broad SMARTS) is 2. The predicted molar refractivity (Wildman–Crippen MR) is 72.1 cm³/mol. The van der Waals surface area contributed by atoms with E-state index in [4.69, 9.17) is 14.9 Å². The Morgan fingerprint density at radius 1 is 1.40 bits per heavy atom. The van der Waals surface area contributed by atoms with Gasteiger partial charge in [0.1, 0.15) is 26.2 Å². The number of aliphatic carboxylic acids is 2. The predicted octanol–water partition coefficient (Wildman–Crippen LogP) is -0.135. The lowest BCUT2D eigenvalue weighted by Crippen LogP contribution is -2.32. The highest BCUT2D eigenvalue weighted by Crippen LogP contribution is 2.07. The highest BCUT2D eigenvalue weighted by atomic mass is 16.5. The third-order valence-electron chi connectivity index (χ3n) is 3.02. The second kappa shape index (κ2) is 8.31. The van der Waals surface area contributed by atoms with Crippen LogP contribution < -0.4 is 0 Å². The van der Waals surface area contributed by atoms with E-state index >= 15 is 0 Å². The first-order valence-electron chi connectivity index (χ1n) is 6.52. The maximum atomic E-state index is 10.6. The zero-order valence-corrected chi connectivity index (χ0v) is 11.5. The quantitative estimate of drug-likeness (QED) is 0.330. The van der Waals surface area contributed by atoms with Crippen molar-refractivity contribution in [1.82, 2.24) is 4.90 Å². The molecule has 0 unspecified atom stereocenters. The molecular formula is C13H21N2O5+. The minimum atomic E-state index is -0.982. The lowest BCUT2D eigenvalue weighted by atomic mass is 10.3. The van der Waals surface area contributed by atoms with Crippen LogP contribution in [0.1, 0.15) is 12.8 Å². The van der Waals surface area contributed by atoms with Crippen molar-refractivity contribution in [3.8, 4) is 0 Å². The molecule has 1 rings (SSSR count). The summed E-state index contributed by atoms with van der Waals surface area (Å²) in [5, 5.41) is 17.2. The first kappa shape index (κ1) is 16.2. The van der Waals surface area contributed by atoms with E-state index in [2.05, 4.69) is 11.2 Å². The van der Waals surface area contributed by atoms with Gasteiger partial charge in [0.15, 0.2) is 0 Å². The molecule has 0 aromatic carbocycles. The molecule has 20 heavy (non-hydrogen) atoms. The number of ether oxygens (including phenoxy) is 1. The van der Waals surface area contributed by atoms with E-state index in [1.165, 1.54) is 0 Å². The van der Waals surface area contributed by atoms with Crippen LogP contribution in [-0.2, 0) is 14.3 Å². The molecule has 1 aliphatic heterocycles. The molecule has 0 aromatic heterocycles. The number of rotatable bonds is 10. The zero-order valence-electron chi connectivity index (χ0n) is 11.5. The first-order chi connectivity index (χ1) is 9.54. The number of hydrogen-bond donors (Lipinski definition) is 2. The largest absolute Gasteiger partial charge is 0.481 e. The summed E-state index contributed by atoms with van der Waals surface area (Å²) in [6, 6.07) is 0. The summed E-state index contributed by atoms with van der Waals surface area (Å²) in [7, 11) is 0. The van der Waals surface area contributed by atoms with Gasteiger partial charge in [-0.1, -0.05) is 6.08 Å². The van der Waals surface area contributed by atoms with Crippen molar-refractivity contribution in [3.05, 3.63) is 12.7 Å². The highest BCUT2D eigenvalue weighted by Gasteiger charge is 2.29. The lowest BCUT2D eigenvalue weighted by Gasteiger charge is -2.11. The second-order valence-electron chi connectivity index (χ2n) is 4.47. The number of amidine groups is 1. The van der Waals surface area contributed by atoms with Gasteiger partial charge in [0.05, 0.1) is 26.0 Å². The Balaban J connectivity index is 2.52. The minimum Gasteiger partial charge on any atom is -0.481 e. The maximum Gasteiger partial charge on any atom is 0.329 e. The Bertz CT molecular complexity index is 406. The number of hydrogen-bond acceptors (Lipinski definition) is 4. The number of nitrogens with zero attached hydrogens (tertiary/aromatic N) is 2. The van der Waals surface area contributed by atoms with Crippen molar-refractivity contribution < 1.29 is 29.1 Å². The van der Waals surface area contributed by atoms with Gasteiger partial charge in [-0.3, -0.25) is 14.3 Å². The summed E-state index contributed by atoms with van der Waals surface area (Å²) in [5.74, 6) is -0.767. The molecule has 0 amide bonds. The summed E-state index contributed by atoms with van der Waals surface area (Å²) >= 11 is 0. The van der Waals surface area contributed by atoms with Gasteiger partial charge in [-0.05, 0) is 0 Å². The maximum absolute atomic E-state index is 10.6. The molecule has 0 bridgehead atoms. The molecule has 0 atom stereocenters. The molecule has 0 saturated heterocycles. The van der Waals surface area contributed by atoms with Crippen LogP contribution in [0.15, 0.2) is 12.7 Å². The SMILES string of the molecule is C=CCC1=[N+](CCOCC(=O)O)CCN1CCC(=O)O. The normalized spacial score (nSPS) is 14.7. The van der Waals surface area contributed by atoms with Crippen molar-refractivity contribution in [2.24, 2.45) is 0 Å². The summed E-state index contributed by atoms with van der Waals surface area (Å²) in [6.45, 7) is 6.38. The number of carbonyl (C=O) groups is 2. The van der Waals surface area contributed by atoms with E-state index in [0.29, 0.717) is 26.1 Å². The lowest BCUT2D eigenvalue weighted by molar-refractivity contribution is -0.521. The Morgan fingerprint density at radius 3 is 2.75 bits per heavy atom. The first-order valence-corrected chi connectivity index (χ1v) is 6.52. The van der Waals surface area contributed by atoms with Crippen molar-refractivity contribution in [1.29, 1.82) is 0 Å². The van der Waals surface area contributed by atoms with Crippen molar-refractivity contribution in [2.75, 3.05) is 39.4 Å². The fraction of sp³-hybridized carbons (Fsp3) is 0.615. The van der Waals surface area contributed by atoms with Crippen LogP contribution in [0.4, 0.5) is 0 Å². The Kier molecular flexibility index (Phi) is 6.72. The van der Waals surface area contributed by atoms with Crippen LogP contribution in [0, 0.1) is 0 Å². The van der Waals surface area contributed by atoms with Gasteiger partial charge in [-0.25, -0.2) is 4.79 Å². The Hall–Kier alpha value is -1.89.